The molecule has 156 valence electrons. The van der Waals surface area contributed by atoms with Gasteiger partial charge in [-0.25, -0.2) is 0 Å². The van der Waals surface area contributed by atoms with Gasteiger partial charge in [0.05, 0.1) is 0 Å². The summed E-state index contributed by atoms with van der Waals surface area (Å²) in [6.45, 7) is 10.8. The standard InChI is InChI=1S/C24H35N5/c1-3-28-15-17-29(18-16-28)20-23-11-9-22(10-12-23)19-27-24(25-2)26-14-13-21-7-5-4-6-8-21/h4-12H,3,13-20H2,1-2H3,(H2,25,26,27). The number of nitrogens with one attached hydrogen (secondary N) is 2. The van der Waals surface area contributed by atoms with Gasteiger partial charge in [0, 0.05) is 52.9 Å². The molecule has 0 bridgehead atoms. The predicted molar refractivity (Wildman–Crippen MR) is 122 cm³/mol. The summed E-state index contributed by atoms with van der Waals surface area (Å²) in [6, 6.07) is 19.5. The van der Waals surface area contributed by atoms with Crippen molar-refractivity contribution in [3.8, 4) is 0 Å². The molecule has 1 aliphatic rings. The minimum Gasteiger partial charge on any atom is -0.356 e. The molecule has 0 saturated carbocycles. The highest BCUT2D eigenvalue weighted by Crippen LogP contribution is 2.10. The highest BCUT2D eigenvalue weighted by atomic mass is 15.3. The molecule has 0 radical (unpaired) electrons. The molecule has 5 nitrogen and oxygen atoms in total. The van der Waals surface area contributed by atoms with Crippen molar-refractivity contribution in [1.82, 2.24) is 20.4 Å². The van der Waals surface area contributed by atoms with E-state index in [4.69, 9.17) is 0 Å². The highest BCUT2D eigenvalue weighted by molar-refractivity contribution is 5.79. The second kappa shape index (κ2) is 11.6. The van der Waals surface area contributed by atoms with Crippen molar-refractivity contribution in [3.05, 3.63) is 71.3 Å². The third-order valence-corrected chi connectivity index (χ3v) is 5.57. The topological polar surface area (TPSA) is 42.9 Å². The Labute approximate surface area is 175 Å². The Morgan fingerprint density at radius 2 is 1.48 bits per heavy atom. The Morgan fingerprint density at radius 1 is 0.828 bits per heavy atom. The number of likely N-dealkylation sites (N-methyl/N-ethyl adjacent to an activating group) is 1. The summed E-state index contributed by atoms with van der Waals surface area (Å²) in [6.07, 6.45) is 0.989. The number of guanidine groups is 1. The number of benzene rings is 2. The maximum Gasteiger partial charge on any atom is 0.191 e. The molecule has 2 aromatic rings. The summed E-state index contributed by atoms with van der Waals surface area (Å²) < 4.78 is 0. The molecule has 2 N–H and O–H groups in total. The van der Waals surface area contributed by atoms with Gasteiger partial charge in [-0.15, -0.1) is 0 Å². The number of nitrogens with zero attached hydrogens (tertiary/aromatic N) is 3. The lowest BCUT2D eigenvalue weighted by Gasteiger charge is -2.34. The van der Waals surface area contributed by atoms with Gasteiger partial charge in [-0.1, -0.05) is 61.5 Å². The van der Waals surface area contributed by atoms with E-state index >= 15 is 0 Å². The summed E-state index contributed by atoms with van der Waals surface area (Å²) in [5.74, 6) is 0.846. The monoisotopic (exact) mass is 393 g/mol. The highest BCUT2D eigenvalue weighted by Gasteiger charge is 2.15. The van der Waals surface area contributed by atoms with Gasteiger partial charge >= 0.3 is 0 Å². The fraction of sp³-hybridized carbons (Fsp3) is 0.458. The van der Waals surface area contributed by atoms with E-state index < -0.39 is 0 Å². The predicted octanol–water partition coefficient (Wildman–Crippen LogP) is 2.73. The van der Waals surface area contributed by atoms with Crippen LogP contribution in [0.25, 0.3) is 0 Å². The second-order valence-corrected chi connectivity index (χ2v) is 7.62. The summed E-state index contributed by atoms with van der Waals surface area (Å²) in [7, 11) is 1.82. The molecule has 5 heteroatoms. The van der Waals surface area contributed by atoms with Crippen LogP contribution in [-0.2, 0) is 19.5 Å². The van der Waals surface area contributed by atoms with Gasteiger partial charge in [-0.05, 0) is 29.7 Å². The molecule has 3 rings (SSSR count). The van der Waals surface area contributed by atoms with Crippen molar-refractivity contribution in [2.24, 2.45) is 4.99 Å². The van der Waals surface area contributed by atoms with E-state index in [0.717, 1.165) is 32.0 Å². The third-order valence-electron chi connectivity index (χ3n) is 5.57. The number of aliphatic imine (C=N–C) groups is 1. The quantitative estimate of drug-likeness (QED) is 0.535. The van der Waals surface area contributed by atoms with Crippen LogP contribution in [0, 0.1) is 0 Å². The Bertz CT molecular complexity index is 734. The zero-order chi connectivity index (χ0) is 20.3. The molecule has 1 aliphatic heterocycles. The van der Waals surface area contributed by atoms with E-state index in [1.165, 1.54) is 49.4 Å². The van der Waals surface area contributed by atoms with Gasteiger partial charge in [0.1, 0.15) is 0 Å². The van der Waals surface area contributed by atoms with Crippen molar-refractivity contribution in [2.75, 3.05) is 46.3 Å². The van der Waals surface area contributed by atoms with Crippen LogP contribution in [0.1, 0.15) is 23.6 Å². The van der Waals surface area contributed by atoms with Crippen LogP contribution in [0.5, 0.6) is 0 Å². The largest absolute Gasteiger partial charge is 0.356 e. The Hall–Kier alpha value is -2.37. The summed E-state index contributed by atoms with van der Waals surface area (Å²) in [4.78, 5) is 9.40. The molecule has 1 fully saturated rings. The van der Waals surface area contributed by atoms with Crippen LogP contribution >= 0.6 is 0 Å². The molecule has 1 heterocycles. The van der Waals surface area contributed by atoms with Crippen LogP contribution in [-0.4, -0.2) is 62.1 Å². The first-order valence-electron chi connectivity index (χ1n) is 10.8. The van der Waals surface area contributed by atoms with E-state index in [0.29, 0.717) is 0 Å². The number of hydrogen-bond donors (Lipinski definition) is 2. The van der Waals surface area contributed by atoms with E-state index in [2.05, 4.69) is 86.9 Å². The first-order chi connectivity index (χ1) is 14.3. The van der Waals surface area contributed by atoms with Gasteiger partial charge in [0.15, 0.2) is 5.96 Å². The molecule has 0 aromatic heterocycles. The summed E-state index contributed by atoms with van der Waals surface area (Å²) >= 11 is 0. The summed E-state index contributed by atoms with van der Waals surface area (Å²) in [5, 5.41) is 6.80. The van der Waals surface area contributed by atoms with Crippen LogP contribution in [0.2, 0.25) is 0 Å². The van der Waals surface area contributed by atoms with Crippen molar-refractivity contribution in [3.63, 3.8) is 0 Å². The number of hydrogen-bond acceptors (Lipinski definition) is 3. The van der Waals surface area contributed by atoms with Crippen LogP contribution < -0.4 is 10.6 Å². The van der Waals surface area contributed by atoms with Gasteiger partial charge in [0.25, 0.3) is 0 Å². The van der Waals surface area contributed by atoms with Gasteiger partial charge < -0.3 is 15.5 Å². The lowest BCUT2D eigenvalue weighted by atomic mass is 10.1. The zero-order valence-corrected chi connectivity index (χ0v) is 17.9. The van der Waals surface area contributed by atoms with Crippen LogP contribution in [0.4, 0.5) is 0 Å². The fourth-order valence-electron chi connectivity index (χ4n) is 3.66. The summed E-state index contributed by atoms with van der Waals surface area (Å²) in [5.41, 5.74) is 4.00. The fourth-order valence-corrected chi connectivity index (χ4v) is 3.66. The van der Waals surface area contributed by atoms with Crippen molar-refractivity contribution >= 4 is 5.96 Å². The first kappa shape index (κ1) is 21.3. The molecular formula is C24H35N5. The maximum atomic E-state index is 4.33. The van der Waals surface area contributed by atoms with Crippen molar-refractivity contribution < 1.29 is 0 Å². The van der Waals surface area contributed by atoms with E-state index in [1.54, 1.807) is 0 Å². The minimum atomic E-state index is 0.778. The first-order valence-corrected chi connectivity index (χ1v) is 10.8. The zero-order valence-electron chi connectivity index (χ0n) is 17.9. The third kappa shape index (κ3) is 7.18. The molecule has 0 aliphatic carbocycles. The average molecular weight is 394 g/mol. The van der Waals surface area contributed by atoms with Gasteiger partial charge in [-0.2, -0.15) is 0 Å². The van der Waals surface area contributed by atoms with Crippen LogP contribution in [0.15, 0.2) is 59.6 Å². The van der Waals surface area contributed by atoms with Gasteiger partial charge in [0.2, 0.25) is 0 Å². The number of rotatable bonds is 8. The SMILES string of the molecule is CCN1CCN(Cc2ccc(CNC(=NC)NCCc3ccccc3)cc2)CC1. The molecule has 0 unspecified atom stereocenters. The Morgan fingerprint density at radius 3 is 2.14 bits per heavy atom. The molecule has 29 heavy (non-hydrogen) atoms. The van der Waals surface area contributed by atoms with E-state index in [1.807, 2.05) is 7.05 Å². The smallest absolute Gasteiger partial charge is 0.191 e. The lowest BCUT2D eigenvalue weighted by molar-refractivity contribution is 0.132. The maximum absolute atomic E-state index is 4.33. The van der Waals surface area contributed by atoms with Crippen LogP contribution in [0.3, 0.4) is 0 Å². The van der Waals surface area contributed by atoms with Gasteiger partial charge in [-0.3, -0.25) is 9.89 Å². The Balaban J connectivity index is 1.38. The molecular weight excluding hydrogens is 358 g/mol. The molecule has 0 atom stereocenters. The van der Waals surface area contributed by atoms with Crippen molar-refractivity contribution in [2.45, 2.75) is 26.4 Å². The normalized spacial score (nSPS) is 16.0. The minimum absolute atomic E-state index is 0.778. The molecule has 1 saturated heterocycles. The van der Waals surface area contributed by atoms with E-state index in [-0.39, 0.29) is 0 Å². The molecule has 0 spiro atoms. The van der Waals surface area contributed by atoms with E-state index in [9.17, 15) is 0 Å². The lowest BCUT2D eigenvalue weighted by Crippen LogP contribution is -2.45. The molecule has 0 amide bonds. The second-order valence-electron chi connectivity index (χ2n) is 7.62. The van der Waals surface area contributed by atoms with Crippen molar-refractivity contribution in [1.29, 1.82) is 0 Å². The average Bonchev–Trinajstić information content (AvgIpc) is 2.78. The Kier molecular flexibility index (Phi) is 8.53. The molecule has 2 aromatic carbocycles. The number of piperazine rings is 1.